The second-order valence-electron chi connectivity index (χ2n) is 5.81. The normalized spacial score (nSPS) is 17.6. The van der Waals surface area contributed by atoms with Crippen LogP contribution in [0.3, 0.4) is 0 Å². The second kappa shape index (κ2) is 6.88. The molecule has 1 atom stereocenters. The van der Waals surface area contributed by atoms with E-state index in [2.05, 4.69) is 19.9 Å². The zero-order valence-corrected chi connectivity index (χ0v) is 14.0. The third-order valence-electron chi connectivity index (χ3n) is 3.77. The molecular weight excluding hydrogens is 308 g/mol. The number of morpholine rings is 1. The number of rotatable bonds is 3. The highest BCUT2D eigenvalue weighted by Gasteiger charge is 2.27. The van der Waals surface area contributed by atoms with E-state index in [1.54, 1.807) is 28.4 Å². The largest absolute Gasteiger partial charge is 0.368 e. The fourth-order valence-corrected chi connectivity index (χ4v) is 2.51. The SMILES string of the molecule is Cc1nccc([C@H]2CN(C(=O)c3cnc(N(C)C)nc3)CCO2)n1. The van der Waals surface area contributed by atoms with Gasteiger partial charge in [0.1, 0.15) is 11.9 Å². The summed E-state index contributed by atoms with van der Waals surface area (Å²) in [7, 11) is 3.71. The maximum atomic E-state index is 12.7. The molecule has 1 fully saturated rings. The molecule has 24 heavy (non-hydrogen) atoms. The predicted molar refractivity (Wildman–Crippen MR) is 87.7 cm³/mol. The third kappa shape index (κ3) is 3.48. The summed E-state index contributed by atoms with van der Waals surface area (Å²) in [6.45, 7) is 3.29. The number of hydrogen-bond donors (Lipinski definition) is 0. The molecule has 3 heterocycles. The summed E-state index contributed by atoms with van der Waals surface area (Å²) >= 11 is 0. The molecule has 0 spiro atoms. The molecule has 126 valence electrons. The molecule has 2 aromatic heterocycles. The maximum Gasteiger partial charge on any atom is 0.257 e. The maximum absolute atomic E-state index is 12.7. The van der Waals surface area contributed by atoms with E-state index >= 15 is 0 Å². The number of amides is 1. The van der Waals surface area contributed by atoms with Crippen LogP contribution in [0.15, 0.2) is 24.7 Å². The molecule has 0 N–H and O–H groups in total. The molecule has 8 nitrogen and oxygen atoms in total. The van der Waals surface area contributed by atoms with Gasteiger partial charge in [0.25, 0.3) is 5.91 Å². The van der Waals surface area contributed by atoms with Crippen molar-refractivity contribution in [2.45, 2.75) is 13.0 Å². The number of ether oxygens (including phenoxy) is 1. The first-order valence-electron chi connectivity index (χ1n) is 7.74. The molecule has 8 heteroatoms. The van der Waals surface area contributed by atoms with Crippen LogP contribution < -0.4 is 4.90 Å². The van der Waals surface area contributed by atoms with Gasteiger partial charge in [-0.15, -0.1) is 0 Å². The van der Waals surface area contributed by atoms with E-state index in [4.69, 9.17) is 4.74 Å². The Balaban J connectivity index is 1.73. The van der Waals surface area contributed by atoms with Crippen molar-refractivity contribution in [1.82, 2.24) is 24.8 Å². The Kier molecular flexibility index (Phi) is 4.66. The van der Waals surface area contributed by atoms with Crippen LogP contribution in [0.2, 0.25) is 0 Å². The van der Waals surface area contributed by atoms with E-state index in [0.29, 0.717) is 37.0 Å². The van der Waals surface area contributed by atoms with Crippen LogP contribution in [0.5, 0.6) is 0 Å². The Labute approximate surface area is 140 Å². The van der Waals surface area contributed by atoms with Crippen LogP contribution in [-0.2, 0) is 4.74 Å². The van der Waals surface area contributed by atoms with Gasteiger partial charge in [0, 0.05) is 39.2 Å². The molecule has 0 radical (unpaired) electrons. The van der Waals surface area contributed by atoms with Crippen LogP contribution in [-0.4, -0.2) is 64.5 Å². The molecule has 1 amide bonds. The fourth-order valence-electron chi connectivity index (χ4n) is 2.51. The Morgan fingerprint density at radius 3 is 2.71 bits per heavy atom. The lowest BCUT2D eigenvalue weighted by Gasteiger charge is -2.32. The van der Waals surface area contributed by atoms with Crippen LogP contribution in [0.1, 0.15) is 28.0 Å². The second-order valence-corrected chi connectivity index (χ2v) is 5.81. The van der Waals surface area contributed by atoms with Gasteiger partial charge in [-0.05, 0) is 13.0 Å². The predicted octanol–water partition coefficient (Wildman–Crippen LogP) is 0.855. The average molecular weight is 328 g/mol. The van der Waals surface area contributed by atoms with Crippen LogP contribution in [0.4, 0.5) is 5.95 Å². The third-order valence-corrected chi connectivity index (χ3v) is 3.77. The van der Waals surface area contributed by atoms with Crippen molar-refractivity contribution < 1.29 is 9.53 Å². The summed E-state index contributed by atoms with van der Waals surface area (Å²) in [4.78, 5) is 33.1. The number of aryl methyl sites for hydroxylation is 1. The Morgan fingerprint density at radius 1 is 1.29 bits per heavy atom. The Morgan fingerprint density at radius 2 is 2.04 bits per heavy atom. The standard InChI is InChI=1S/C16H20N6O2/c1-11-17-5-4-13(20-11)14-10-22(6-7-24-14)15(23)12-8-18-16(19-9-12)21(2)3/h4-5,8-9,14H,6-7,10H2,1-3H3/t14-/m1/s1. The van der Waals surface area contributed by atoms with Crippen molar-refractivity contribution in [3.05, 3.63) is 41.7 Å². The lowest BCUT2D eigenvalue weighted by molar-refractivity contribution is -0.0248. The molecule has 1 aliphatic heterocycles. The summed E-state index contributed by atoms with van der Waals surface area (Å²) in [6, 6.07) is 1.82. The molecule has 0 aromatic carbocycles. The topological polar surface area (TPSA) is 84.3 Å². The molecule has 1 aliphatic rings. The van der Waals surface area contributed by atoms with Gasteiger partial charge in [-0.2, -0.15) is 0 Å². The summed E-state index contributed by atoms with van der Waals surface area (Å²) < 4.78 is 5.76. The van der Waals surface area contributed by atoms with Gasteiger partial charge in [0.05, 0.1) is 24.4 Å². The summed E-state index contributed by atoms with van der Waals surface area (Å²) in [5.41, 5.74) is 1.26. The summed E-state index contributed by atoms with van der Waals surface area (Å²) in [5.74, 6) is 1.16. The Bertz CT molecular complexity index is 719. The summed E-state index contributed by atoms with van der Waals surface area (Å²) in [6.07, 6.45) is 4.58. The van der Waals surface area contributed by atoms with Crippen molar-refractivity contribution in [3.63, 3.8) is 0 Å². The molecular formula is C16H20N6O2. The molecule has 2 aromatic rings. The number of hydrogen-bond acceptors (Lipinski definition) is 7. The number of carbonyl (C=O) groups is 1. The quantitative estimate of drug-likeness (QED) is 0.826. The zero-order chi connectivity index (χ0) is 17.1. The lowest BCUT2D eigenvalue weighted by Crippen LogP contribution is -2.42. The van der Waals surface area contributed by atoms with E-state index in [-0.39, 0.29) is 12.0 Å². The minimum absolute atomic E-state index is 0.0978. The van der Waals surface area contributed by atoms with Crippen molar-refractivity contribution in [1.29, 1.82) is 0 Å². The Hall–Kier alpha value is -2.61. The number of aromatic nitrogens is 4. The molecule has 0 bridgehead atoms. The monoisotopic (exact) mass is 328 g/mol. The smallest absolute Gasteiger partial charge is 0.257 e. The highest BCUT2D eigenvalue weighted by molar-refractivity contribution is 5.93. The average Bonchev–Trinajstić information content (AvgIpc) is 2.61. The van der Waals surface area contributed by atoms with Gasteiger partial charge >= 0.3 is 0 Å². The van der Waals surface area contributed by atoms with Gasteiger partial charge < -0.3 is 14.5 Å². The van der Waals surface area contributed by atoms with Gasteiger partial charge in [-0.25, -0.2) is 19.9 Å². The summed E-state index contributed by atoms with van der Waals surface area (Å²) in [5, 5.41) is 0. The number of nitrogens with zero attached hydrogens (tertiary/aromatic N) is 6. The van der Waals surface area contributed by atoms with E-state index in [1.807, 2.05) is 27.1 Å². The number of anilines is 1. The van der Waals surface area contributed by atoms with Crippen molar-refractivity contribution in [3.8, 4) is 0 Å². The molecule has 0 aliphatic carbocycles. The van der Waals surface area contributed by atoms with Crippen molar-refractivity contribution >= 4 is 11.9 Å². The first kappa shape index (κ1) is 16.3. The van der Waals surface area contributed by atoms with E-state index < -0.39 is 0 Å². The minimum Gasteiger partial charge on any atom is -0.368 e. The molecule has 3 rings (SSSR count). The first-order chi connectivity index (χ1) is 11.5. The minimum atomic E-state index is -0.244. The van der Waals surface area contributed by atoms with Gasteiger partial charge in [0.15, 0.2) is 0 Å². The molecule has 1 saturated heterocycles. The highest BCUT2D eigenvalue weighted by Crippen LogP contribution is 2.21. The van der Waals surface area contributed by atoms with Crippen LogP contribution in [0, 0.1) is 6.92 Å². The molecule has 0 saturated carbocycles. The van der Waals surface area contributed by atoms with Crippen LogP contribution >= 0.6 is 0 Å². The fraction of sp³-hybridized carbons (Fsp3) is 0.438. The lowest BCUT2D eigenvalue weighted by atomic mass is 10.1. The highest BCUT2D eigenvalue weighted by atomic mass is 16.5. The van der Waals surface area contributed by atoms with Gasteiger partial charge in [-0.1, -0.05) is 0 Å². The van der Waals surface area contributed by atoms with Crippen molar-refractivity contribution in [2.75, 3.05) is 38.7 Å². The van der Waals surface area contributed by atoms with E-state index in [9.17, 15) is 4.79 Å². The van der Waals surface area contributed by atoms with Crippen molar-refractivity contribution in [2.24, 2.45) is 0 Å². The number of carbonyl (C=O) groups excluding carboxylic acids is 1. The van der Waals surface area contributed by atoms with Gasteiger partial charge in [0.2, 0.25) is 5.95 Å². The van der Waals surface area contributed by atoms with E-state index in [0.717, 1.165) is 5.69 Å². The molecule has 0 unspecified atom stereocenters. The zero-order valence-electron chi connectivity index (χ0n) is 14.0. The van der Waals surface area contributed by atoms with E-state index in [1.165, 1.54) is 0 Å². The first-order valence-corrected chi connectivity index (χ1v) is 7.74. The van der Waals surface area contributed by atoms with Gasteiger partial charge in [-0.3, -0.25) is 4.79 Å². The van der Waals surface area contributed by atoms with Crippen LogP contribution in [0.25, 0.3) is 0 Å².